The number of hydrogen-bond acceptors (Lipinski definition) is 4. The monoisotopic (exact) mass is 350 g/mol. The van der Waals surface area contributed by atoms with Crippen molar-refractivity contribution in [2.45, 2.75) is 19.4 Å². The molecule has 1 aliphatic heterocycles. The topological polar surface area (TPSA) is 55.9 Å². The fourth-order valence-corrected chi connectivity index (χ4v) is 2.85. The van der Waals surface area contributed by atoms with Gasteiger partial charge in [-0.05, 0) is 38.1 Å². The van der Waals surface area contributed by atoms with Gasteiger partial charge in [0.15, 0.2) is 0 Å². The molecule has 1 aliphatic rings. The van der Waals surface area contributed by atoms with Crippen molar-refractivity contribution in [2.75, 3.05) is 52.1 Å². The van der Waals surface area contributed by atoms with Crippen molar-refractivity contribution in [1.82, 2.24) is 14.7 Å². The van der Waals surface area contributed by atoms with E-state index in [0.29, 0.717) is 12.2 Å². The molecule has 0 spiro atoms. The first-order valence-electron chi connectivity index (χ1n) is 8.60. The van der Waals surface area contributed by atoms with Crippen molar-refractivity contribution in [3.63, 3.8) is 0 Å². The molecule has 7 heteroatoms. The number of carbonyl (C=O) groups excluding carboxylic acids is 2. The second-order valence-corrected chi connectivity index (χ2v) is 6.63. The molecule has 1 unspecified atom stereocenters. The molecule has 2 rings (SSSR count). The van der Waals surface area contributed by atoms with Crippen LogP contribution in [-0.4, -0.2) is 79.4 Å². The summed E-state index contributed by atoms with van der Waals surface area (Å²) in [5, 5.41) is 2.76. The first kappa shape index (κ1) is 19.3. The number of amides is 2. The van der Waals surface area contributed by atoms with Crippen LogP contribution in [-0.2, 0) is 9.59 Å². The molecule has 1 heterocycles. The lowest BCUT2D eigenvalue weighted by Gasteiger charge is -2.27. The SMILES string of the molecule is CC(C(=O)Nc1cccc(F)c1)N1CCCN(CC(=O)N(C)C)CC1. The Bertz CT molecular complexity index is 608. The lowest BCUT2D eigenvalue weighted by Crippen LogP contribution is -2.44. The summed E-state index contributed by atoms with van der Waals surface area (Å²) in [6.07, 6.45) is 0.901. The van der Waals surface area contributed by atoms with Crippen LogP contribution < -0.4 is 5.32 Å². The number of rotatable bonds is 5. The molecule has 138 valence electrons. The zero-order valence-corrected chi connectivity index (χ0v) is 15.2. The molecule has 0 aromatic heterocycles. The van der Waals surface area contributed by atoms with E-state index < -0.39 is 0 Å². The average Bonchev–Trinajstić information content (AvgIpc) is 2.79. The molecule has 6 nitrogen and oxygen atoms in total. The molecule has 1 N–H and O–H groups in total. The third kappa shape index (κ3) is 5.79. The van der Waals surface area contributed by atoms with Crippen molar-refractivity contribution in [3.05, 3.63) is 30.1 Å². The Hall–Kier alpha value is -1.99. The third-order valence-electron chi connectivity index (χ3n) is 4.50. The third-order valence-corrected chi connectivity index (χ3v) is 4.50. The number of nitrogens with one attached hydrogen (secondary N) is 1. The minimum atomic E-state index is -0.374. The summed E-state index contributed by atoms with van der Waals surface area (Å²) in [5.41, 5.74) is 0.463. The molecule has 0 bridgehead atoms. The highest BCUT2D eigenvalue weighted by molar-refractivity contribution is 5.94. The Morgan fingerprint density at radius 1 is 1.24 bits per heavy atom. The molecule has 1 aromatic carbocycles. The Morgan fingerprint density at radius 2 is 2.00 bits per heavy atom. The molecule has 0 radical (unpaired) electrons. The molecule has 1 atom stereocenters. The molecule has 1 saturated heterocycles. The van der Waals surface area contributed by atoms with Crippen LogP contribution in [0, 0.1) is 5.82 Å². The molecule has 1 aromatic rings. The highest BCUT2D eigenvalue weighted by Crippen LogP contribution is 2.12. The van der Waals surface area contributed by atoms with Gasteiger partial charge in [0.25, 0.3) is 0 Å². The van der Waals surface area contributed by atoms with Crippen LogP contribution in [0.2, 0.25) is 0 Å². The predicted octanol–water partition coefficient (Wildman–Crippen LogP) is 1.25. The van der Waals surface area contributed by atoms with Crippen LogP contribution >= 0.6 is 0 Å². The smallest absolute Gasteiger partial charge is 0.241 e. The van der Waals surface area contributed by atoms with Gasteiger partial charge < -0.3 is 10.2 Å². The van der Waals surface area contributed by atoms with Gasteiger partial charge in [-0.1, -0.05) is 6.07 Å². The van der Waals surface area contributed by atoms with Crippen molar-refractivity contribution < 1.29 is 14.0 Å². The van der Waals surface area contributed by atoms with Gasteiger partial charge >= 0.3 is 0 Å². The number of anilines is 1. The van der Waals surface area contributed by atoms with Crippen LogP contribution in [0.15, 0.2) is 24.3 Å². The molecule has 25 heavy (non-hydrogen) atoms. The summed E-state index contributed by atoms with van der Waals surface area (Å²) < 4.78 is 13.2. The molecule has 0 aliphatic carbocycles. The number of halogens is 1. The first-order chi connectivity index (χ1) is 11.9. The van der Waals surface area contributed by atoms with Crippen molar-refractivity contribution in [2.24, 2.45) is 0 Å². The van der Waals surface area contributed by atoms with Crippen LogP contribution in [0.4, 0.5) is 10.1 Å². The van der Waals surface area contributed by atoms with Gasteiger partial charge in [0.05, 0.1) is 12.6 Å². The summed E-state index contributed by atoms with van der Waals surface area (Å²) in [5.74, 6) is -0.435. The molecule has 2 amide bonds. The highest BCUT2D eigenvalue weighted by atomic mass is 19.1. The first-order valence-corrected chi connectivity index (χ1v) is 8.60. The Labute approximate surface area is 148 Å². The molecule has 0 saturated carbocycles. The second kappa shape index (κ2) is 8.92. The fraction of sp³-hybridized carbons (Fsp3) is 0.556. The van der Waals surface area contributed by atoms with E-state index in [0.717, 1.165) is 32.6 Å². The lowest BCUT2D eigenvalue weighted by atomic mass is 10.2. The number of likely N-dealkylation sites (N-methyl/N-ethyl adjacent to an activating group) is 1. The summed E-state index contributed by atoms with van der Waals surface area (Å²) >= 11 is 0. The molecular weight excluding hydrogens is 323 g/mol. The van der Waals surface area contributed by atoms with Crippen LogP contribution in [0.1, 0.15) is 13.3 Å². The fourth-order valence-electron chi connectivity index (χ4n) is 2.85. The Balaban J connectivity index is 1.88. The zero-order valence-electron chi connectivity index (χ0n) is 15.2. The number of nitrogens with zero attached hydrogens (tertiary/aromatic N) is 3. The Kier molecular flexibility index (Phi) is 6.90. The minimum absolute atomic E-state index is 0.0883. The van der Waals surface area contributed by atoms with Gasteiger partial charge in [-0.2, -0.15) is 0 Å². The Morgan fingerprint density at radius 3 is 2.68 bits per heavy atom. The average molecular weight is 350 g/mol. The van der Waals surface area contributed by atoms with Crippen molar-refractivity contribution in [1.29, 1.82) is 0 Å². The highest BCUT2D eigenvalue weighted by Gasteiger charge is 2.25. The maximum atomic E-state index is 13.2. The van der Waals surface area contributed by atoms with E-state index in [9.17, 15) is 14.0 Å². The maximum Gasteiger partial charge on any atom is 0.241 e. The maximum absolute atomic E-state index is 13.2. The molecule has 1 fully saturated rings. The van der Waals surface area contributed by atoms with Gasteiger partial charge in [0.1, 0.15) is 5.82 Å². The summed E-state index contributed by atoms with van der Waals surface area (Å²) in [7, 11) is 3.51. The predicted molar refractivity (Wildman–Crippen MR) is 95.8 cm³/mol. The number of carbonyl (C=O) groups is 2. The van der Waals surface area contributed by atoms with Crippen molar-refractivity contribution in [3.8, 4) is 0 Å². The molecular formula is C18H27FN4O2. The van der Waals surface area contributed by atoms with Crippen LogP contribution in [0.25, 0.3) is 0 Å². The summed E-state index contributed by atoms with van der Waals surface area (Å²) in [6.45, 7) is 5.37. The van der Waals surface area contributed by atoms with Gasteiger partial charge in [-0.15, -0.1) is 0 Å². The normalized spacial score (nSPS) is 17.6. The van der Waals surface area contributed by atoms with Gasteiger partial charge in [0, 0.05) is 39.4 Å². The van der Waals surface area contributed by atoms with E-state index in [1.54, 1.807) is 31.1 Å². The van der Waals surface area contributed by atoms with E-state index in [4.69, 9.17) is 0 Å². The largest absolute Gasteiger partial charge is 0.348 e. The quantitative estimate of drug-likeness (QED) is 0.868. The van der Waals surface area contributed by atoms with E-state index in [2.05, 4.69) is 15.1 Å². The summed E-state index contributed by atoms with van der Waals surface area (Å²) in [4.78, 5) is 30.1. The van der Waals surface area contributed by atoms with E-state index >= 15 is 0 Å². The van der Waals surface area contributed by atoms with Gasteiger partial charge in [-0.25, -0.2) is 4.39 Å². The lowest BCUT2D eigenvalue weighted by molar-refractivity contribution is -0.130. The van der Waals surface area contributed by atoms with Crippen LogP contribution in [0.5, 0.6) is 0 Å². The standard InChI is InChI=1S/C18H27FN4O2/c1-14(18(25)20-16-7-4-6-15(19)12-16)23-9-5-8-22(10-11-23)13-17(24)21(2)3/h4,6-7,12,14H,5,8-11,13H2,1-3H3,(H,20,25). The second-order valence-electron chi connectivity index (χ2n) is 6.63. The van der Waals surface area contributed by atoms with E-state index in [1.165, 1.54) is 12.1 Å². The van der Waals surface area contributed by atoms with E-state index in [1.807, 2.05) is 6.92 Å². The van der Waals surface area contributed by atoms with Crippen LogP contribution in [0.3, 0.4) is 0 Å². The number of hydrogen-bond donors (Lipinski definition) is 1. The number of benzene rings is 1. The minimum Gasteiger partial charge on any atom is -0.348 e. The van der Waals surface area contributed by atoms with Gasteiger partial charge in [0.2, 0.25) is 11.8 Å². The van der Waals surface area contributed by atoms with Crippen molar-refractivity contribution >= 4 is 17.5 Å². The van der Waals surface area contributed by atoms with E-state index in [-0.39, 0.29) is 23.7 Å². The van der Waals surface area contributed by atoms with Gasteiger partial charge in [-0.3, -0.25) is 19.4 Å². The zero-order chi connectivity index (χ0) is 18.4. The summed E-state index contributed by atoms with van der Waals surface area (Å²) in [6, 6.07) is 5.58.